The first-order valence-corrected chi connectivity index (χ1v) is 8.17. The van der Waals surface area contributed by atoms with Crippen molar-refractivity contribution in [1.82, 2.24) is 0 Å². The van der Waals surface area contributed by atoms with Crippen LogP contribution in [0.1, 0.15) is 0 Å². The van der Waals surface area contributed by atoms with Gasteiger partial charge in [-0.2, -0.15) is 0 Å². The van der Waals surface area contributed by atoms with Gasteiger partial charge in [0.05, 0.1) is 30.4 Å². The van der Waals surface area contributed by atoms with Crippen LogP contribution in [0.4, 0.5) is 0 Å². The van der Waals surface area contributed by atoms with Gasteiger partial charge in [-0.05, 0) is 0 Å². The molecule has 0 aliphatic heterocycles. The van der Waals surface area contributed by atoms with E-state index >= 15 is 0 Å². The molecule has 0 aliphatic carbocycles. The van der Waals surface area contributed by atoms with Crippen LogP contribution in [-0.4, -0.2) is 57.7 Å². The molecule has 1 radical (unpaired) electrons. The van der Waals surface area contributed by atoms with Crippen molar-refractivity contribution in [3.8, 4) is 0 Å². The smallest absolute Gasteiger partial charge is 0.748 e. The Morgan fingerprint density at radius 2 is 0.562 bits per heavy atom. The molecule has 0 N–H and O–H groups in total. The Kier molecular flexibility index (Phi) is 14.9. The van der Waals surface area contributed by atoms with Gasteiger partial charge in [-0.15, -0.1) is 0 Å². The van der Waals surface area contributed by atoms with Crippen molar-refractivity contribution in [2.24, 2.45) is 0 Å². The summed E-state index contributed by atoms with van der Waals surface area (Å²) in [4.78, 5) is 0. The summed E-state index contributed by atoms with van der Waals surface area (Å²) in [7, 11) is -11.8. The molecule has 0 aromatic rings. The predicted octanol–water partition coefficient (Wildman–Crippen LogP) is -2.52. The molecule has 0 aromatic carbocycles. The zero-order valence-electron chi connectivity index (χ0n) is 8.22. The summed E-state index contributed by atoms with van der Waals surface area (Å²) in [6, 6.07) is 0. The summed E-state index contributed by atoms with van der Waals surface area (Å²) in [5.41, 5.74) is 0. The van der Waals surface area contributed by atoms with Crippen LogP contribution in [0, 0.1) is 0 Å². The van der Waals surface area contributed by atoms with Gasteiger partial charge in [0.2, 0.25) is 0 Å². The van der Waals surface area contributed by atoms with Crippen LogP contribution in [-0.2, 0) is 50.8 Å². The summed E-state index contributed by atoms with van der Waals surface area (Å²) in [5.74, 6) is 0. The van der Waals surface area contributed by atoms with E-state index in [4.69, 9.17) is 38.9 Å². The van der Waals surface area contributed by atoms with Gasteiger partial charge in [0.1, 0.15) is 0 Å². The quantitative estimate of drug-likeness (QED) is 0.319. The SMILES string of the molecule is CS(=O)(=O)[O-].CS(=O)(=O)[O-].CS(=O)(=O)[O-].[Pd+3]. The maximum absolute atomic E-state index is 9.08. The maximum Gasteiger partial charge on any atom is 3.00 e. The van der Waals surface area contributed by atoms with Crippen molar-refractivity contribution in [1.29, 1.82) is 0 Å². The van der Waals surface area contributed by atoms with Crippen molar-refractivity contribution < 1.29 is 59.3 Å². The van der Waals surface area contributed by atoms with E-state index in [1.807, 2.05) is 0 Å². The molecule has 0 heterocycles. The second-order valence-corrected chi connectivity index (χ2v) is 6.34. The maximum atomic E-state index is 9.08. The van der Waals surface area contributed by atoms with Crippen LogP contribution in [0.5, 0.6) is 0 Å². The Morgan fingerprint density at radius 3 is 0.562 bits per heavy atom. The van der Waals surface area contributed by atoms with E-state index < -0.39 is 30.4 Å². The standard InChI is InChI=1S/3CH4O3S.Pd/c3*1-5(2,3)4;/h3*1H3,(H,2,3,4);/q;;;+3/p-3. The number of rotatable bonds is 0. The van der Waals surface area contributed by atoms with Crippen molar-refractivity contribution in [3.05, 3.63) is 0 Å². The molecule has 13 heteroatoms. The molecule has 0 fully saturated rings. The molecule has 9 nitrogen and oxygen atoms in total. The summed E-state index contributed by atoms with van der Waals surface area (Å²) < 4.78 is 81.7. The van der Waals surface area contributed by atoms with Gasteiger partial charge in [0.15, 0.2) is 0 Å². The molecule has 0 spiro atoms. The van der Waals surface area contributed by atoms with Gasteiger partial charge >= 0.3 is 20.4 Å². The Hall–Kier alpha value is 0.392. The average Bonchev–Trinajstić information content (AvgIpc) is 1.41. The minimum absolute atomic E-state index is 0. The fourth-order valence-corrected chi connectivity index (χ4v) is 0. The largest absolute Gasteiger partial charge is 3.00 e. The fraction of sp³-hybridized carbons (Fsp3) is 1.00. The van der Waals surface area contributed by atoms with E-state index in [-0.39, 0.29) is 20.4 Å². The second-order valence-electron chi connectivity index (χ2n) is 2.11. The Balaban J connectivity index is -0.0000000655. The molecule has 0 saturated carbocycles. The molecule has 103 valence electrons. The van der Waals surface area contributed by atoms with Crippen LogP contribution in [0.2, 0.25) is 0 Å². The van der Waals surface area contributed by atoms with E-state index in [9.17, 15) is 0 Å². The summed E-state index contributed by atoms with van der Waals surface area (Å²) >= 11 is 0. The predicted molar refractivity (Wildman–Crippen MR) is 46.9 cm³/mol. The average molecular weight is 392 g/mol. The number of hydrogen-bond donors (Lipinski definition) is 0. The Labute approximate surface area is 108 Å². The molecule has 0 aromatic heterocycles. The van der Waals surface area contributed by atoms with Crippen molar-refractivity contribution in [2.45, 2.75) is 0 Å². The molecule has 0 unspecified atom stereocenters. The molecular formula is C3H9O9PdS3. The summed E-state index contributed by atoms with van der Waals surface area (Å²) in [5, 5.41) is 0. The minimum atomic E-state index is -3.92. The first-order chi connectivity index (χ1) is 6.00. The zero-order chi connectivity index (χ0) is 13.5. The third kappa shape index (κ3) is 16800. The summed E-state index contributed by atoms with van der Waals surface area (Å²) in [6.07, 6.45) is 1.81. The van der Waals surface area contributed by atoms with E-state index in [1.165, 1.54) is 0 Å². The third-order valence-electron chi connectivity index (χ3n) is 0. The van der Waals surface area contributed by atoms with Crippen molar-refractivity contribution >= 4 is 30.4 Å². The van der Waals surface area contributed by atoms with Crippen LogP contribution in [0.15, 0.2) is 0 Å². The van der Waals surface area contributed by atoms with E-state index in [0.717, 1.165) is 0 Å². The van der Waals surface area contributed by atoms with E-state index in [0.29, 0.717) is 18.8 Å². The van der Waals surface area contributed by atoms with Crippen molar-refractivity contribution in [2.75, 3.05) is 18.8 Å². The second kappa shape index (κ2) is 9.43. The Morgan fingerprint density at radius 1 is 0.562 bits per heavy atom. The topological polar surface area (TPSA) is 172 Å². The number of hydrogen-bond acceptors (Lipinski definition) is 9. The van der Waals surface area contributed by atoms with Crippen LogP contribution in [0.25, 0.3) is 0 Å². The Bertz CT molecular complexity index is 347. The molecule has 0 saturated heterocycles. The molecule has 0 rings (SSSR count). The minimum Gasteiger partial charge on any atom is -0.748 e. The third-order valence-corrected chi connectivity index (χ3v) is 0. The first-order valence-electron chi connectivity index (χ1n) is 2.72. The van der Waals surface area contributed by atoms with E-state index in [2.05, 4.69) is 0 Å². The molecule has 0 amide bonds. The van der Waals surface area contributed by atoms with Crippen molar-refractivity contribution in [3.63, 3.8) is 0 Å². The van der Waals surface area contributed by atoms with Gasteiger partial charge in [-0.1, -0.05) is 0 Å². The fourth-order valence-electron chi connectivity index (χ4n) is 0. The van der Waals surface area contributed by atoms with Crippen LogP contribution < -0.4 is 0 Å². The van der Waals surface area contributed by atoms with E-state index in [1.54, 1.807) is 0 Å². The van der Waals surface area contributed by atoms with Gasteiger partial charge in [-0.25, -0.2) is 25.3 Å². The molecule has 0 atom stereocenters. The van der Waals surface area contributed by atoms with Crippen LogP contribution in [0.3, 0.4) is 0 Å². The normalized spacial score (nSPS) is 10.9. The molecule has 16 heavy (non-hydrogen) atoms. The molecule has 0 bridgehead atoms. The van der Waals surface area contributed by atoms with Gasteiger partial charge in [0, 0.05) is 18.8 Å². The first kappa shape index (κ1) is 25.3. The molecular weight excluding hydrogens is 383 g/mol. The summed E-state index contributed by atoms with van der Waals surface area (Å²) in [6.45, 7) is 0. The molecule has 0 aliphatic rings. The monoisotopic (exact) mass is 391 g/mol. The van der Waals surface area contributed by atoms with Gasteiger partial charge < -0.3 is 13.7 Å². The van der Waals surface area contributed by atoms with Gasteiger partial charge in [-0.3, -0.25) is 0 Å². The van der Waals surface area contributed by atoms with Gasteiger partial charge in [0.25, 0.3) is 0 Å². The zero-order valence-corrected chi connectivity index (χ0v) is 12.2. The van der Waals surface area contributed by atoms with Crippen LogP contribution >= 0.6 is 0 Å².